The lowest BCUT2D eigenvalue weighted by Crippen LogP contribution is -2.43. The molecule has 22 heavy (non-hydrogen) atoms. The van der Waals surface area contributed by atoms with E-state index in [1.165, 1.54) is 0 Å². The van der Waals surface area contributed by atoms with Crippen LogP contribution in [0.4, 0.5) is 0 Å². The van der Waals surface area contributed by atoms with Crippen LogP contribution in [-0.2, 0) is 10.4 Å². The molecule has 0 heterocycles. The maximum Gasteiger partial charge on any atom is 0.281 e. The minimum absolute atomic E-state index is 0.210. The van der Waals surface area contributed by atoms with E-state index < -0.39 is 11.5 Å². The second-order valence-corrected chi connectivity index (χ2v) is 5.41. The van der Waals surface area contributed by atoms with Gasteiger partial charge in [-0.05, 0) is 17.0 Å². The fraction of sp³-hybridized carbons (Fsp3) is 0.222. The molecule has 0 aromatic heterocycles. The molecule has 0 aliphatic heterocycles. The van der Waals surface area contributed by atoms with Gasteiger partial charge in [0.25, 0.3) is 5.91 Å². The number of hydrogen-bond donors (Lipinski definition) is 2. The molecular weight excluding hydrogens is 276 g/mol. The molecule has 0 aliphatic rings. The van der Waals surface area contributed by atoms with Crippen LogP contribution in [0.1, 0.15) is 25.0 Å². The Kier molecular flexibility index (Phi) is 5.07. The highest BCUT2D eigenvalue weighted by Crippen LogP contribution is 2.29. The minimum atomic E-state index is -1.78. The lowest BCUT2D eigenvalue weighted by molar-refractivity contribution is -0.136. The summed E-state index contributed by atoms with van der Waals surface area (Å²) in [5.41, 5.74) is 1.65. The highest BCUT2D eigenvalue weighted by atomic mass is 16.3. The summed E-state index contributed by atoms with van der Waals surface area (Å²) < 4.78 is 0. The normalized spacial score (nSPS) is 11.8. The van der Waals surface area contributed by atoms with E-state index in [1.807, 2.05) is 26.0 Å². The van der Waals surface area contributed by atoms with Gasteiger partial charge < -0.3 is 5.11 Å². The third kappa shape index (κ3) is 3.40. The lowest BCUT2D eigenvalue weighted by Gasteiger charge is -2.27. The summed E-state index contributed by atoms with van der Waals surface area (Å²) in [6, 6.07) is 17.7. The van der Waals surface area contributed by atoms with Crippen molar-refractivity contribution in [2.75, 3.05) is 0 Å². The summed E-state index contributed by atoms with van der Waals surface area (Å²) in [5.74, 6) is -0.372. The predicted molar refractivity (Wildman–Crippen MR) is 87.4 cm³/mol. The van der Waals surface area contributed by atoms with E-state index in [2.05, 4.69) is 10.5 Å². The third-order valence-corrected chi connectivity index (χ3v) is 3.25. The van der Waals surface area contributed by atoms with E-state index in [-0.39, 0.29) is 5.92 Å². The average molecular weight is 296 g/mol. The quantitative estimate of drug-likeness (QED) is 0.658. The summed E-state index contributed by atoms with van der Waals surface area (Å²) in [4.78, 5) is 12.6. The SMILES string of the molecule is CC(C)/C=N/NC(=O)C(O)(c1ccccc1)c1ccccc1. The van der Waals surface area contributed by atoms with Gasteiger partial charge in [0.15, 0.2) is 5.60 Å². The smallest absolute Gasteiger partial charge is 0.281 e. The van der Waals surface area contributed by atoms with Gasteiger partial charge in [0, 0.05) is 6.21 Å². The number of rotatable bonds is 5. The molecular formula is C18H20N2O2. The number of aliphatic hydroxyl groups is 1. The van der Waals surface area contributed by atoms with E-state index in [1.54, 1.807) is 54.7 Å². The van der Waals surface area contributed by atoms with Crippen molar-refractivity contribution < 1.29 is 9.90 Å². The molecule has 0 saturated carbocycles. The van der Waals surface area contributed by atoms with Crippen molar-refractivity contribution in [1.82, 2.24) is 5.43 Å². The molecule has 114 valence electrons. The molecule has 0 bridgehead atoms. The van der Waals surface area contributed by atoms with E-state index in [4.69, 9.17) is 0 Å². The number of hydrazone groups is 1. The molecule has 2 aromatic carbocycles. The van der Waals surface area contributed by atoms with E-state index in [0.29, 0.717) is 11.1 Å². The molecule has 0 saturated heterocycles. The van der Waals surface area contributed by atoms with Crippen LogP contribution in [0.2, 0.25) is 0 Å². The van der Waals surface area contributed by atoms with Gasteiger partial charge in [0.1, 0.15) is 0 Å². The second kappa shape index (κ2) is 7.00. The predicted octanol–water partition coefficient (Wildman–Crippen LogP) is 2.68. The minimum Gasteiger partial charge on any atom is -0.372 e. The fourth-order valence-electron chi connectivity index (χ4n) is 2.11. The number of carbonyl (C=O) groups excluding carboxylic acids is 1. The van der Waals surface area contributed by atoms with Crippen molar-refractivity contribution in [3.63, 3.8) is 0 Å². The molecule has 0 aliphatic carbocycles. The summed E-state index contributed by atoms with van der Waals surface area (Å²) in [5, 5.41) is 15.0. The number of hydrogen-bond acceptors (Lipinski definition) is 3. The van der Waals surface area contributed by atoms with Gasteiger partial charge in [0.05, 0.1) is 0 Å². The van der Waals surface area contributed by atoms with Crippen LogP contribution in [0, 0.1) is 5.92 Å². The zero-order chi connectivity index (χ0) is 16.0. The summed E-state index contributed by atoms with van der Waals surface area (Å²) in [6.45, 7) is 3.91. The zero-order valence-electron chi connectivity index (χ0n) is 12.7. The van der Waals surface area contributed by atoms with Crippen LogP contribution >= 0.6 is 0 Å². The van der Waals surface area contributed by atoms with Gasteiger partial charge >= 0.3 is 0 Å². The van der Waals surface area contributed by atoms with Gasteiger partial charge in [-0.2, -0.15) is 5.10 Å². The van der Waals surface area contributed by atoms with Gasteiger partial charge in [-0.25, -0.2) is 5.43 Å². The average Bonchev–Trinajstić information content (AvgIpc) is 2.55. The van der Waals surface area contributed by atoms with Crippen LogP contribution in [0.5, 0.6) is 0 Å². The molecule has 0 radical (unpaired) electrons. The number of nitrogens with zero attached hydrogens (tertiary/aromatic N) is 1. The van der Waals surface area contributed by atoms with Crippen LogP contribution in [0.15, 0.2) is 65.8 Å². The Morgan fingerprint density at radius 3 is 1.91 bits per heavy atom. The van der Waals surface area contributed by atoms with Crippen molar-refractivity contribution in [2.24, 2.45) is 11.0 Å². The van der Waals surface area contributed by atoms with E-state index in [0.717, 1.165) is 0 Å². The van der Waals surface area contributed by atoms with Crippen LogP contribution in [0.3, 0.4) is 0 Å². The van der Waals surface area contributed by atoms with Gasteiger partial charge in [-0.3, -0.25) is 4.79 Å². The zero-order valence-corrected chi connectivity index (χ0v) is 12.7. The van der Waals surface area contributed by atoms with Gasteiger partial charge in [-0.1, -0.05) is 74.5 Å². The van der Waals surface area contributed by atoms with Crippen molar-refractivity contribution >= 4 is 12.1 Å². The Morgan fingerprint density at radius 2 is 1.50 bits per heavy atom. The third-order valence-electron chi connectivity index (χ3n) is 3.25. The van der Waals surface area contributed by atoms with Crippen molar-refractivity contribution in [3.05, 3.63) is 71.8 Å². The maximum atomic E-state index is 12.6. The fourth-order valence-corrected chi connectivity index (χ4v) is 2.11. The molecule has 0 atom stereocenters. The summed E-state index contributed by atoms with van der Waals surface area (Å²) in [6.07, 6.45) is 1.62. The van der Waals surface area contributed by atoms with Crippen molar-refractivity contribution in [2.45, 2.75) is 19.4 Å². The standard InChI is InChI=1S/C18H20N2O2/c1-14(2)13-19-20-17(21)18(22,15-9-5-3-6-10-15)16-11-7-4-8-12-16/h3-14,22H,1-2H3,(H,20,21)/b19-13+. The molecule has 2 N–H and O–H groups in total. The van der Waals surface area contributed by atoms with Crippen LogP contribution < -0.4 is 5.43 Å². The Hall–Kier alpha value is -2.46. The van der Waals surface area contributed by atoms with Crippen LogP contribution in [-0.4, -0.2) is 17.2 Å². The van der Waals surface area contributed by atoms with Crippen molar-refractivity contribution in [3.8, 4) is 0 Å². The molecule has 4 nitrogen and oxygen atoms in total. The first kappa shape index (κ1) is 15.9. The van der Waals surface area contributed by atoms with Crippen LogP contribution in [0.25, 0.3) is 0 Å². The first-order chi connectivity index (χ1) is 10.5. The number of amides is 1. The topological polar surface area (TPSA) is 61.7 Å². The molecule has 0 unspecified atom stereocenters. The summed E-state index contributed by atoms with van der Waals surface area (Å²) in [7, 11) is 0. The highest BCUT2D eigenvalue weighted by molar-refractivity contribution is 5.90. The molecule has 2 aromatic rings. The summed E-state index contributed by atoms with van der Waals surface area (Å²) >= 11 is 0. The second-order valence-electron chi connectivity index (χ2n) is 5.41. The van der Waals surface area contributed by atoms with Gasteiger partial charge in [0.2, 0.25) is 0 Å². The number of benzene rings is 2. The number of nitrogens with one attached hydrogen (secondary N) is 1. The molecule has 0 spiro atoms. The molecule has 0 fully saturated rings. The first-order valence-electron chi connectivity index (χ1n) is 7.22. The number of carbonyl (C=O) groups is 1. The Balaban J connectivity index is 2.41. The first-order valence-corrected chi connectivity index (χ1v) is 7.22. The maximum absolute atomic E-state index is 12.6. The molecule has 2 rings (SSSR count). The highest BCUT2D eigenvalue weighted by Gasteiger charge is 2.39. The lowest BCUT2D eigenvalue weighted by atomic mass is 9.85. The van der Waals surface area contributed by atoms with E-state index in [9.17, 15) is 9.90 Å². The molecule has 1 amide bonds. The molecule has 4 heteroatoms. The van der Waals surface area contributed by atoms with E-state index >= 15 is 0 Å². The Bertz CT molecular complexity index is 597. The van der Waals surface area contributed by atoms with Gasteiger partial charge in [-0.15, -0.1) is 0 Å². The monoisotopic (exact) mass is 296 g/mol. The largest absolute Gasteiger partial charge is 0.372 e. The van der Waals surface area contributed by atoms with Crippen molar-refractivity contribution in [1.29, 1.82) is 0 Å². The Labute approximate surface area is 130 Å². The Morgan fingerprint density at radius 1 is 1.05 bits per heavy atom.